The van der Waals surface area contributed by atoms with Crippen molar-refractivity contribution in [3.05, 3.63) is 108 Å². The largest absolute Gasteiger partial charge is 0.364 e. The third-order valence-electron chi connectivity index (χ3n) is 5.15. The monoisotopic (exact) mass is 468 g/mol. The molecule has 3 heterocycles. The van der Waals surface area contributed by atoms with Gasteiger partial charge in [0.1, 0.15) is 11.3 Å². The van der Waals surface area contributed by atoms with Crippen LogP contribution in [-0.4, -0.2) is 31.0 Å². The number of carbonyl (C=O) groups excluding carboxylic acids is 2. The van der Waals surface area contributed by atoms with E-state index < -0.39 is 5.91 Å². The van der Waals surface area contributed by atoms with Gasteiger partial charge in [0.05, 0.1) is 16.9 Å². The van der Waals surface area contributed by atoms with Crippen molar-refractivity contribution in [2.75, 3.05) is 5.32 Å². The summed E-state index contributed by atoms with van der Waals surface area (Å²) in [6, 6.07) is 22.1. The Morgan fingerprint density at radius 2 is 1.74 bits per heavy atom. The molecule has 5 rings (SSSR count). The van der Waals surface area contributed by atoms with Gasteiger partial charge in [-0.05, 0) is 54.6 Å². The average Bonchev–Trinajstić information content (AvgIpc) is 3.51. The number of fused-ring (bicyclic) bond motifs is 1. The van der Waals surface area contributed by atoms with Crippen LogP contribution in [0, 0.1) is 0 Å². The minimum atomic E-state index is -0.583. The van der Waals surface area contributed by atoms with Crippen LogP contribution in [0.3, 0.4) is 0 Å². The number of nitrogens with one attached hydrogen (secondary N) is 1. The Kier molecular flexibility index (Phi) is 5.84. The Morgan fingerprint density at radius 1 is 0.941 bits per heavy atom. The molecule has 0 radical (unpaired) electrons. The first-order chi connectivity index (χ1) is 16.6. The van der Waals surface area contributed by atoms with Gasteiger partial charge in [-0.25, -0.2) is 9.67 Å². The van der Waals surface area contributed by atoms with E-state index in [1.165, 1.54) is 0 Å². The van der Waals surface area contributed by atoms with Crippen LogP contribution in [0.2, 0.25) is 0 Å². The highest BCUT2D eigenvalue weighted by Gasteiger charge is 2.13. The molecule has 2 aromatic carbocycles. The second kappa shape index (κ2) is 9.24. The molecular formula is C25H20N6O2S. The number of benzene rings is 2. The summed E-state index contributed by atoms with van der Waals surface area (Å²) in [6.45, 7) is 0. The Hall–Kier alpha value is -4.37. The molecule has 34 heavy (non-hydrogen) atoms. The molecule has 3 N–H and O–H groups in total. The maximum Gasteiger partial charge on any atom is 0.269 e. The Bertz CT molecular complexity index is 1460. The van der Waals surface area contributed by atoms with Gasteiger partial charge in [0.25, 0.3) is 11.8 Å². The van der Waals surface area contributed by atoms with E-state index in [-0.39, 0.29) is 11.6 Å². The number of nitrogens with zero attached hydrogens (tertiary/aromatic N) is 4. The smallest absolute Gasteiger partial charge is 0.269 e. The number of pyridine rings is 1. The molecule has 0 bridgehead atoms. The lowest BCUT2D eigenvalue weighted by atomic mass is 10.2. The number of aromatic nitrogens is 4. The Morgan fingerprint density at radius 3 is 2.50 bits per heavy atom. The van der Waals surface area contributed by atoms with Crippen molar-refractivity contribution in [1.29, 1.82) is 0 Å². The van der Waals surface area contributed by atoms with Crippen LogP contribution in [0.15, 0.2) is 96.3 Å². The lowest BCUT2D eigenvalue weighted by Gasteiger charge is -2.10. The molecule has 2 amide bonds. The van der Waals surface area contributed by atoms with Gasteiger partial charge in [-0.3, -0.25) is 9.59 Å². The van der Waals surface area contributed by atoms with Gasteiger partial charge in [0.2, 0.25) is 0 Å². The first-order valence-electron chi connectivity index (χ1n) is 10.5. The molecule has 8 nitrogen and oxygen atoms in total. The molecule has 0 unspecified atom stereocenters. The summed E-state index contributed by atoms with van der Waals surface area (Å²) in [5.41, 5.74) is 9.28. The summed E-state index contributed by atoms with van der Waals surface area (Å²) in [6.07, 6.45) is 5.62. The number of imidazole rings is 1. The van der Waals surface area contributed by atoms with Gasteiger partial charge in [-0.15, -0.1) is 11.8 Å². The number of nitrogens with two attached hydrogens (primary N) is 1. The standard InChI is InChI=1S/C25H20N6O2S/c26-24(32)21-12-14-31(29-21)19-10-8-17(9-11-19)28-25(33)20-5-1-2-6-22(20)34-16-18-15-30-13-4-3-7-23(30)27-18/h1-15H,16H2,(H2,26,32)(H,28,33). The lowest BCUT2D eigenvalue weighted by Crippen LogP contribution is -2.13. The fourth-order valence-corrected chi connectivity index (χ4v) is 4.42. The van der Waals surface area contributed by atoms with Crippen molar-refractivity contribution < 1.29 is 9.59 Å². The van der Waals surface area contributed by atoms with Gasteiger partial charge in [0, 0.05) is 34.9 Å². The number of anilines is 1. The van der Waals surface area contributed by atoms with Crippen LogP contribution < -0.4 is 11.1 Å². The predicted molar refractivity (Wildman–Crippen MR) is 131 cm³/mol. The molecular weight excluding hydrogens is 448 g/mol. The number of carbonyl (C=O) groups is 2. The zero-order chi connectivity index (χ0) is 23.5. The molecule has 0 atom stereocenters. The van der Waals surface area contributed by atoms with Crippen molar-refractivity contribution in [3.63, 3.8) is 0 Å². The number of hydrogen-bond donors (Lipinski definition) is 2. The maximum absolute atomic E-state index is 13.0. The lowest BCUT2D eigenvalue weighted by molar-refractivity contribution is 0.0992. The average molecular weight is 469 g/mol. The van der Waals surface area contributed by atoms with Crippen molar-refractivity contribution in [2.24, 2.45) is 5.73 Å². The van der Waals surface area contributed by atoms with Gasteiger partial charge in [0.15, 0.2) is 0 Å². The zero-order valence-corrected chi connectivity index (χ0v) is 18.8. The normalized spacial score (nSPS) is 10.9. The van der Waals surface area contributed by atoms with E-state index in [2.05, 4.69) is 15.4 Å². The number of thioether (sulfide) groups is 1. The number of amides is 2. The number of hydrogen-bond acceptors (Lipinski definition) is 5. The minimum absolute atomic E-state index is 0.190. The Labute approximate surface area is 199 Å². The molecule has 0 aliphatic carbocycles. The van der Waals surface area contributed by atoms with Crippen LogP contribution in [0.25, 0.3) is 11.3 Å². The summed E-state index contributed by atoms with van der Waals surface area (Å²) in [5, 5.41) is 7.08. The number of primary amides is 1. The second-order valence-corrected chi connectivity index (χ2v) is 8.51. The van der Waals surface area contributed by atoms with E-state index in [9.17, 15) is 9.59 Å². The second-order valence-electron chi connectivity index (χ2n) is 7.49. The fourth-order valence-electron chi connectivity index (χ4n) is 3.48. The number of rotatable bonds is 7. The first kappa shape index (κ1) is 21.5. The van der Waals surface area contributed by atoms with E-state index in [1.807, 2.05) is 59.3 Å². The molecule has 0 spiro atoms. The highest BCUT2D eigenvalue weighted by molar-refractivity contribution is 7.98. The van der Waals surface area contributed by atoms with Crippen LogP contribution in [0.5, 0.6) is 0 Å². The molecule has 0 fully saturated rings. The van der Waals surface area contributed by atoms with Gasteiger partial charge < -0.3 is 15.5 Å². The minimum Gasteiger partial charge on any atom is -0.364 e. The van der Waals surface area contributed by atoms with Crippen LogP contribution in [0.1, 0.15) is 26.5 Å². The van der Waals surface area contributed by atoms with E-state index in [1.54, 1.807) is 53.0 Å². The van der Waals surface area contributed by atoms with Gasteiger partial charge in [-0.2, -0.15) is 5.10 Å². The third-order valence-corrected chi connectivity index (χ3v) is 6.26. The highest BCUT2D eigenvalue weighted by atomic mass is 32.2. The molecule has 0 saturated heterocycles. The van der Waals surface area contributed by atoms with Crippen molar-refractivity contribution in [1.82, 2.24) is 19.2 Å². The molecule has 0 aliphatic heterocycles. The molecule has 5 aromatic rings. The Balaban J connectivity index is 1.27. The van der Waals surface area contributed by atoms with E-state index in [0.717, 1.165) is 21.9 Å². The molecule has 9 heteroatoms. The predicted octanol–water partition coefficient (Wildman–Crippen LogP) is 4.16. The quantitative estimate of drug-likeness (QED) is 0.349. The molecule has 3 aromatic heterocycles. The van der Waals surface area contributed by atoms with E-state index in [4.69, 9.17) is 5.73 Å². The zero-order valence-electron chi connectivity index (χ0n) is 18.0. The van der Waals surface area contributed by atoms with E-state index in [0.29, 0.717) is 17.0 Å². The molecule has 0 aliphatic rings. The van der Waals surface area contributed by atoms with Crippen molar-refractivity contribution >= 4 is 34.9 Å². The summed E-state index contributed by atoms with van der Waals surface area (Å²) in [7, 11) is 0. The highest BCUT2D eigenvalue weighted by Crippen LogP contribution is 2.27. The summed E-state index contributed by atoms with van der Waals surface area (Å²) in [5.74, 6) is -0.126. The van der Waals surface area contributed by atoms with Crippen molar-refractivity contribution in [3.8, 4) is 5.69 Å². The molecule has 168 valence electrons. The maximum atomic E-state index is 13.0. The summed E-state index contributed by atoms with van der Waals surface area (Å²) < 4.78 is 3.53. The van der Waals surface area contributed by atoms with Crippen molar-refractivity contribution in [2.45, 2.75) is 10.6 Å². The van der Waals surface area contributed by atoms with Crippen LogP contribution >= 0.6 is 11.8 Å². The molecule has 0 saturated carbocycles. The van der Waals surface area contributed by atoms with Crippen LogP contribution in [0.4, 0.5) is 5.69 Å². The van der Waals surface area contributed by atoms with Gasteiger partial charge >= 0.3 is 0 Å². The third kappa shape index (κ3) is 4.55. The summed E-state index contributed by atoms with van der Waals surface area (Å²) >= 11 is 1.57. The topological polar surface area (TPSA) is 107 Å². The van der Waals surface area contributed by atoms with Crippen LogP contribution in [-0.2, 0) is 5.75 Å². The van der Waals surface area contributed by atoms with E-state index >= 15 is 0 Å². The summed E-state index contributed by atoms with van der Waals surface area (Å²) in [4.78, 5) is 29.8. The van der Waals surface area contributed by atoms with Gasteiger partial charge in [-0.1, -0.05) is 18.2 Å². The SMILES string of the molecule is NC(=O)c1ccn(-c2ccc(NC(=O)c3ccccc3SCc3cn4ccccc4n3)cc2)n1. The fraction of sp³-hybridized carbons (Fsp3) is 0.0400. The first-order valence-corrected chi connectivity index (χ1v) is 11.5.